The summed E-state index contributed by atoms with van der Waals surface area (Å²) in [7, 11) is 1.42. The number of aliphatic carboxylic acids is 1. The molecule has 1 fully saturated rings. The molecule has 1 aliphatic carbocycles. The van der Waals surface area contributed by atoms with Crippen molar-refractivity contribution >= 4 is 5.97 Å². The van der Waals surface area contributed by atoms with Gasteiger partial charge in [0.05, 0.1) is 12.5 Å². The Balaban J connectivity index is 2.17. The lowest BCUT2D eigenvalue weighted by Crippen LogP contribution is -2.37. The summed E-state index contributed by atoms with van der Waals surface area (Å²) < 4.78 is 18.7. The molecule has 116 valence electrons. The maximum atomic E-state index is 13.8. The fraction of sp³-hybridized carbons (Fsp3) is 0.588. The molecule has 0 heterocycles. The summed E-state index contributed by atoms with van der Waals surface area (Å²) in [5.74, 6) is -0.367. The Morgan fingerprint density at radius 3 is 2.57 bits per heavy atom. The molecule has 0 spiro atoms. The van der Waals surface area contributed by atoms with Crippen LogP contribution in [0.3, 0.4) is 0 Å². The molecule has 1 aromatic rings. The second-order valence-electron chi connectivity index (χ2n) is 6.08. The van der Waals surface area contributed by atoms with Gasteiger partial charge in [0.1, 0.15) is 0 Å². The van der Waals surface area contributed by atoms with Gasteiger partial charge in [-0.25, -0.2) is 4.39 Å². The molecular formula is C17H23FO3. The molecule has 0 unspecified atom stereocenters. The van der Waals surface area contributed by atoms with Gasteiger partial charge in [0.15, 0.2) is 11.6 Å². The molecule has 1 N–H and O–H groups in total. The third-order valence-electron chi connectivity index (χ3n) is 4.85. The van der Waals surface area contributed by atoms with Crippen molar-refractivity contribution in [3.63, 3.8) is 0 Å². The van der Waals surface area contributed by atoms with Crippen molar-refractivity contribution in [3.05, 3.63) is 29.6 Å². The summed E-state index contributed by atoms with van der Waals surface area (Å²) in [6, 6.07) is 4.73. The van der Waals surface area contributed by atoms with Crippen molar-refractivity contribution in [3.8, 4) is 5.75 Å². The Labute approximate surface area is 125 Å². The molecule has 1 aromatic carbocycles. The van der Waals surface area contributed by atoms with Gasteiger partial charge in [-0.05, 0) is 55.7 Å². The fourth-order valence-corrected chi connectivity index (χ4v) is 3.32. The first kappa shape index (κ1) is 15.8. The van der Waals surface area contributed by atoms with Gasteiger partial charge >= 0.3 is 5.97 Å². The van der Waals surface area contributed by atoms with E-state index in [-0.39, 0.29) is 5.75 Å². The van der Waals surface area contributed by atoms with Crippen molar-refractivity contribution in [1.29, 1.82) is 0 Å². The lowest BCUT2D eigenvalue weighted by atomic mass is 9.67. The number of carboxylic acid groups (broad SMARTS) is 1. The molecule has 21 heavy (non-hydrogen) atoms. The van der Waals surface area contributed by atoms with Gasteiger partial charge in [-0.3, -0.25) is 4.79 Å². The molecule has 0 bridgehead atoms. The SMILES string of the molecule is CCC1CCC(Cc2ccc(OC)c(F)c2)(C(=O)O)CC1. The van der Waals surface area contributed by atoms with Gasteiger partial charge in [-0.15, -0.1) is 0 Å². The quantitative estimate of drug-likeness (QED) is 0.891. The highest BCUT2D eigenvalue weighted by Crippen LogP contribution is 2.43. The van der Waals surface area contributed by atoms with Gasteiger partial charge in [0, 0.05) is 0 Å². The molecule has 0 aromatic heterocycles. The Hall–Kier alpha value is -1.58. The molecule has 0 atom stereocenters. The fourth-order valence-electron chi connectivity index (χ4n) is 3.32. The minimum absolute atomic E-state index is 0.192. The number of carbonyl (C=O) groups is 1. The highest BCUT2D eigenvalue weighted by Gasteiger charge is 2.41. The molecule has 0 radical (unpaired) electrons. The topological polar surface area (TPSA) is 46.5 Å². The number of ether oxygens (including phenoxy) is 1. The normalized spacial score (nSPS) is 25.6. The van der Waals surface area contributed by atoms with Gasteiger partial charge in [0.2, 0.25) is 0 Å². The van der Waals surface area contributed by atoms with Crippen molar-refractivity contribution < 1.29 is 19.0 Å². The van der Waals surface area contributed by atoms with Crippen LogP contribution < -0.4 is 4.74 Å². The van der Waals surface area contributed by atoms with E-state index in [0.29, 0.717) is 25.2 Å². The van der Waals surface area contributed by atoms with E-state index >= 15 is 0 Å². The molecule has 0 saturated heterocycles. The van der Waals surface area contributed by atoms with E-state index in [1.165, 1.54) is 13.2 Å². The third-order valence-corrected chi connectivity index (χ3v) is 4.85. The Morgan fingerprint density at radius 2 is 2.10 bits per heavy atom. The largest absolute Gasteiger partial charge is 0.494 e. The molecular weight excluding hydrogens is 271 g/mol. The smallest absolute Gasteiger partial charge is 0.309 e. The zero-order valence-corrected chi connectivity index (χ0v) is 12.7. The number of benzene rings is 1. The van der Waals surface area contributed by atoms with Crippen LogP contribution in [-0.4, -0.2) is 18.2 Å². The van der Waals surface area contributed by atoms with Crippen LogP contribution in [0.25, 0.3) is 0 Å². The summed E-state index contributed by atoms with van der Waals surface area (Å²) in [4.78, 5) is 11.8. The molecule has 1 saturated carbocycles. The standard InChI is InChI=1S/C17H23FO3/c1-3-12-6-8-17(9-7-12,16(19)20)11-13-4-5-15(21-2)14(18)10-13/h4-5,10,12H,3,6-9,11H2,1-2H3,(H,19,20). The van der Waals surface area contributed by atoms with E-state index in [1.807, 2.05) is 0 Å². The highest BCUT2D eigenvalue weighted by molar-refractivity contribution is 5.75. The molecule has 0 aliphatic heterocycles. The zero-order chi connectivity index (χ0) is 15.5. The van der Waals surface area contributed by atoms with E-state index in [2.05, 4.69) is 6.92 Å². The Morgan fingerprint density at radius 1 is 1.43 bits per heavy atom. The molecule has 0 amide bonds. The highest BCUT2D eigenvalue weighted by atomic mass is 19.1. The summed E-state index contributed by atoms with van der Waals surface area (Å²) in [6.07, 6.45) is 4.73. The second-order valence-corrected chi connectivity index (χ2v) is 6.08. The van der Waals surface area contributed by atoms with E-state index in [9.17, 15) is 14.3 Å². The minimum Gasteiger partial charge on any atom is -0.494 e. The van der Waals surface area contributed by atoms with Gasteiger partial charge in [0.25, 0.3) is 0 Å². The van der Waals surface area contributed by atoms with Crippen LogP contribution in [0.5, 0.6) is 5.75 Å². The van der Waals surface area contributed by atoms with E-state index in [1.54, 1.807) is 12.1 Å². The van der Waals surface area contributed by atoms with Crippen molar-refractivity contribution in [1.82, 2.24) is 0 Å². The predicted octanol–water partition coefficient (Wildman–Crippen LogP) is 4.05. The average molecular weight is 294 g/mol. The minimum atomic E-state index is -0.756. The molecule has 1 aliphatic rings. The summed E-state index contributed by atoms with van der Waals surface area (Å²) >= 11 is 0. The summed E-state index contributed by atoms with van der Waals surface area (Å²) in [5.41, 5.74) is -0.0159. The Bertz CT molecular complexity index is 505. The van der Waals surface area contributed by atoms with Gasteiger partial charge < -0.3 is 9.84 Å². The van der Waals surface area contributed by atoms with Crippen LogP contribution in [0.15, 0.2) is 18.2 Å². The molecule has 3 nitrogen and oxygen atoms in total. The monoisotopic (exact) mass is 294 g/mol. The lowest BCUT2D eigenvalue weighted by molar-refractivity contribution is -0.151. The van der Waals surface area contributed by atoms with Gasteiger partial charge in [-0.1, -0.05) is 19.4 Å². The van der Waals surface area contributed by atoms with Crippen molar-refractivity contribution in [2.24, 2.45) is 11.3 Å². The lowest BCUT2D eigenvalue weighted by Gasteiger charge is -2.36. The summed E-state index contributed by atoms with van der Waals surface area (Å²) in [6.45, 7) is 2.15. The predicted molar refractivity (Wildman–Crippen MR) is 79.0 cm³/mol. The van der Waals surface area contributed by atoms with Crippen molar-refractivity contribution in [2.45, 2.75) is 45.4 Å². The number of rotatable bonds is 5. The number of carboxylic acids is 1. The van der Waals surface area contributed by atoms with E-state index < -0.39 is 17.2 Å². The van der Waals surface area contributed by atoms with Crippen LogP contribution in [0.2, 0.25) is 0 Å². The van der Waals surface area contributed by atoms with Gasteiger partial charge in [-0.2, -0.15) is 0 Å². The van der Waals surface area contributed by atoms with Crippen molar-refractivity contribution in [2.75, 3.05) is 7.11 Å². The first-order valence-corrected chi connectivity index (χ1v) is 7.56. The van der Waals surface area contributed by atoms with Crippen LogP contribution in [0.4, 0.5) is 4.39 Å². The maximum Gasteiger partial charge on any atom is 0.309 e. The van der Waals surface area contributed by atoms with Crippen LogP contribution in [0, 0.1) is 17.2 Å². The van der Waals surface area contributed by atoms with Crippen LogP contribution >= 0.6 is 0 Å². The van der Waals surface area contributed by atoms with E-state index in [4.69, 9.17) is 4.74 Å². The number of methoxy groups -OCH3 is 1. The average Bonchev–Trinajstić information content (AvgIpc) is 2.48. The van der Waals surface area contributed by atoms with E-state index in [0.717, 1.165) is 24.8 Å². The first-order chi connectivity index (χ1) is 10.0. The first-order valence-electron chi connectivity index (χ1n) is 7.56. The number of halogens is 1. The zero-order valence-electron chi connectivity index (χ0n) is 12.7. The second kappa shape index (κ2) is 6.46. The Kier molecular flexibility index (Phi) is 4.86. The van der Waals surface area contributed by atoms with Crippen LogP contribution in [0.1, 0.15) is 44.6 Å². The number of hydrogen-bond acceptors (Lipinski definition) is 2. The summed E-state index contributed by atoms with van der Waals surface area (Å²) in [5, 5.41) is 9.66. The molecule has 4 heteroatoms. The maximum absolute atomic E-state index is 13.8. The number of hydrogen-bond donors (Lipinski definition) is 1. The van der Waals surface area contributed by atoms with Crippen LogP contribution in [-0.2, 0) is 11.2 Å². The third kappa shape index (κ3) is 3.36. The molecule has 2 rings (SSSR count).